The first-order valence-electron chi connectivity index (χ1n) is 25.3. The fraction of sp³-hybridized carbons (Fsp3) is 0.538. The van der Waals surface area contributed by atoms with Gasteiger partial charge in [-0.15, -0.1) is 0 Å². The van der Waals surface area contributed by atoms with Gasteiger partial charge in [0.1, 0.15) is 11.6 Å². The molecule has 17 nitrogen and oxygen atoms in total. The number of nitrogens with zero attached hydrogens (tertiary/aromatic N) is 8. The Labute approximate surface area is 464 Å². The number of benzene rings is 2. The second kappa shape index (κ2) is 32.4. The lowest BCUT2D eigenvalue weighted by atomic mass is 9.88. The Balaban J connectivity index is 0.000000272. The number of rotatable bonds is 14. The van der Waals surface area contributed by atoms with Crippen molar-refractivity contribution < 1.29 is 41.0 Å². The third kappa shape index (κ3) is 24.3. The molecule has 0 unspecified atom stereocenters. The number of amides is 2. The number of hydrogen-bond acceptors (Lipinski definition) is 12. The Hall–Kier alpha value is -3.54. The van der Waals surface area contributed by atoms with Crippen molar-refractivity contribution in [3.63, 3.8) is 0 Å². The van der Waals surface area contributed by atoms with Gasteiger partial charge in [0, 0.05) is 136 Å². The second-order valence-electron chi connectivity index (χ2n) is 19.2. The van der Waals surface area contributed by atoms with Crippen LogP contribution in [0, 0.1) is 11.8 Å². The number of aromatic nitrogens is 2. The SMILES string of the molecule is CS(=O)(=O)O.CS(=O)(=O)O.O.O=C(C1CCCCC1)N(CCN1CCN(Cc2cc(Cl)ccc2Cl)CC1)c1ccccn1.O=C(C1CCCCC1)N(CCN1CCN(Cc2cc(Cl)ccc2Cl)CC1)c1ccccn1. The highest BCUT2D eigenvalue weighted by Crippen LogP contribution is 2.29. The smallest absolute Gasteiger partial charge is 0.261 e. The number of hydrogen-bond donors (Lipinski definition) is 2. The van der Waals surface area contributed by atoms with Crippen LogP contribution in [0.2, 0.25) is 20.1 Å². The van der Waals surface area contributed by atoms with Gasteiger partial charge in [-0.3, -0.25) is 48.1 Å². The summed E-state index contributed by atoms with van der Waals surface area (Å²) in [6, 6.07) is 22.9. The fourth-order valence-corrected chi connectivity index (χ4v) is 10.2. The van der Waals surface area contributed by atoms with Crippen molar-refractivity contribution in [1.29, 1.82) is 0 Å². The third-order valence-corrected chi connectivity index (χ3v) is 14.5. The van der Waals surface area contributed by atoms with Gasteiger partial charge in [-0.2, -0.15) is 16.8 Å². The van der Waals surface area contributed by atoms with Crippen LogP contribution in [0.4, 0.5) is 11.6 Å². The highest BCUT2D eigenvalue weighted by molar-refractivity contribution is 7.85. The van der Waals surface area contributed by atoms with Crippen molar-refractivity contribution >= 4 is 90.1 Å². The molecular weight excluding hydrogens is 1090 g/mol. The molecule has 2 aromatic carbocycles. The zero-order chi connectivity index (χ0) is 53.7. The largest absolute Gasteiger partial charge is 0.412 e. The number of piperazine rings is 2. The number of halogens is 4. The van der Waals surface area contributed by atoms with Crippen LogP contribution in [0.1, 0.15) is 75.3 Å². The summed E-state index contributed by atoms with van der Waals surface area (Å²) in [6.07, 6.45) is 16.1. The van der Waals surface area contributed by atoms with Crippen LogP contribution in [0.5, 0.6) is 0 Å². The Morgan fingerprint density at radius 3 is 1.16 bits per heavy atom. The molecule has 4 fully saturated rings. The highest BCUT2D eigenvalue weighted by atomic mass is 35.5. The minimum Gasteiger partial charge on any atom is -0.412 e. The first-order chi connectivity index (χ1) is 35.2. The van der Waals surface area contributed by atoms with Crippen LogP contribution in [0.25, 0.3) is 0 Å². The quantitative estimate of drug-likeness (QED) is 0.113. The van der Waals surface area contributed by atoms with E-state index >= 15 is 0 Å². The average Bonchev–Trinajstić information content (AvgIpc) is 3.37. The molecule has 2 saturated carbocycles. The molecule has 2 aliphatic heterocycles. The molecule has 4 aromatic rings. The van der Waals surface area contributed by atoms with Gasteiger partial charge in [0.2, 0.25) is 11.8 Å². The predicted octanol–water partition coefficient (Wildman–Crippen LogP) is 8.42. The summed E-state index contributed by atoms with van der Waals surface area (Å²) in [5.74, 6) is 2.33. The van der Waals surface area contributed by atoms with E-state index in [0.717, 1.165) is 173 Å². The van der Waals surface area contributed by atoms with E-state index in [0.29, 0.717) is 25.6 Å². The van der Waals surface area contributed by atoms with Gasteiger partial charge in [0.05, 0.1) is 12.5 Å². The normalized spacial score (nSPS) is 17.4. The molecule has 4 N–H and O–H groups in total. The van der Waals surface area contributed by atoms with Crippen molar-refractivity contribution in [2.75, 3.05) is 101 Å². The van der Waals surface area contributed by atoms with E-state index in [1.165, 1.54) is 12.8 Å². The Bertz CT molecular complexity index is 2380. The molecule has 75 heavy (non-hydrogen) atoms. The molecule has 0 spiro atoms. The molecule has 416 valence electrons. The van der Waals surface area contributed by atoms with Crippen LogP contribution in [-0.4, -0.2) is 164 Å². The van der Waals surface area contributed by atoms with Crippen LogP contribution >= 0.6 is 46.4 Å². The topological polar surface area (TPSA) is 220 Å². The number of pyridine rings is 2. The molecule has 23 heteroatoms. The number of carbonyl (C=O) groups is 2. The molecule has 4 aliphatic rings. The van der Waals surface area contributed by atoms with Gasteiger partial charge in [-0.25, -0.2) is 9.97 Å². The minimum absolute atomic E-state index is 0. The van der Waals surface area contributed by atoms with E-state index in [1.54, 1.807) is 12.4 Å². The molecule has 0 atom stereocenters. The number of anilines is 2. The van der Waals surface area contributed by atoms with Gasteiger partial charge in [-0.05, 0) is 97.5 Å². The van der Waals surface area contributed by atoms with E-state index in [9.17, 15) is 26.4 Å². The summed E-state index contributed by atoms with van der Waals surface area (Å²) in [7, 11) is -7.33. The van der Waals surface area contributed by atoms with Gasteiger partial charge in [0.15, 0.2) is 0 Å². The zero-order valence-electron chi connectivity index (χ0n) is 43.0. The van der Waals surface area contributed by atoms with Crippen molar-refractivity contribution in [3.8, 4) is 0 Å². The maximum Gasteiger partial charge on any atom is 0.261 e. The minimum atomic E-state index is -3.67. The molecule has 0 radical (unpaired) electrons. The molecular formula is C52H74Cl4N8O9S2. The first kappa shape index (κ1) is 64.0. The van der Waals surface area contributed by atoms with Crippen molar-refractivity contribution in [3.05, 3.63) is 116 Å². The van der Waals surface area contributed by atoms with E-state index in [1.807, 2.05) is 82.6 Å². The van der Waals surface area contributed by atoms with Gasteiger partial charge in [0.25, 0.3) is 20.2 Å². The Morgan fingerprint density at radius 1 is 0.533 bits per heavy atom. The summed E-state index contributed by atoms with van der Waals surface area (Å²) < 4.78 is 51.7. The lowest BCUT2D eigenvalue weighted by molar-refractivity contribution is -0.124. The van der Waals surface area contributed by atoms with Crippen molar-refractivity contribution in [1.82, 2.24) is 29.6 Å². The van der Waals surface area contributed by atoms with Crippen molar-refractivity contribution in [2.24, 2.45) is 11.8 Å². The molecule has 8 rings (SSSR count). The monoisotopic (exact) mass is 1160 g/mol. The van der Waals surface area contributed by atoms with E-state index in [2.05, 4.69) is 29.6 Å². The first-order valence-corrected chi connectivity index (χ1v) is 30.5. The summed E-state index contributed by atoms with van der Waals surface area (Å²) in [5, 5.41) is 2.98. The Morgan fingerprint density at radius 2 is 0.853 bits per heavy atom. The third-order valence-electron chi connectivity index (χ3n) is 13.3. The fourth-order valence-electron chi connectivity index (χ4n) is 9.48. The molecule has 2 aromatic heterocycles. The van der Waals surface area contributed by atoms with Crippen LogP contribution in [-0.2, 0) is 42.9 Å². The second-order valence-corrected chi connectivity index (χ2v) is 23.8. The summed E-state index contributed by atoms with van der Waals surface area (Å²) >= 11 is 25.0. The van der Waals surface area contributed by atoms with E-state index in [-0.39, 0.29) is 29.1 Å². The van der Waals surface area contributed by atoms with E-state index < -0.39 is 20.2 Å². The molecule has 2 aliphatic carbocycles. The van der Waals surface area contributed by atoms with Crippen LogP contribution < -0.4 is 9.80 Å². The van der Waals surface area contributed by atoms with Crippen molar-refractivity contribution in [2.45, 2.75) is 77.3 Å². The standard InChI is InChI=1S/2C25H32Cl2N4O.2CH4O3S.H2O/c2*26-22-9-10-23(27)21(18-22)19-30-14-12-29(13-15-30)16-17-31(24-8-4-5-11-28-24)25(32)20-6-2-1-3-7-20;2*1-5(2,3)4;/h2*4-5,8-11,18,20H,1-3,6-7,12-17,19H2;2*1H3,(H,2,3,4);1H2. The molecule has 4 heterocycles. The average molecular weight is 1160 g/mol. The predicted molar refractivity (Wildman–Crippen MR) is 301 cm³/mol. The Kier molecular flexibility index (Phi) is 27.6. The molecule has 2 amide bonds. The maximum absolute atomic E-state index is 13.3. The van der Waals surface area contributed by atoms with Crippen LogP contribution in [0.3, 0.4) is 0 Å². The zero-order valence-corrected chi connectivity index (χ0v) is 47.6. The molecule has 0 bridgehead atoms. The highest BCUT2D eigenvalue weighted by Gasteiger charge is 2.30. The van der Waals surface area contributed by atoms with Crippen LogP contribution in [0.15, 0.2) is 85.2 Å². The maximum atomic E-state index is 13.3. The van der Waals surface area contributed by atoms with Gasteiger partial charge < -0.3 is 5.48 Å². The lowest BCUT2D eigenvalue weighted by Crippen LogP contribution is -2.49. The lowest BCUT2D eigenvalue weighted by Gasteiger charge is -2.36. The van der Waals surface area contributed by atoms with E-state index in [4.69, 9.17) is 55.5 Å². The summed E-state index contributed by atoms with van der Waals surface area (Å²) in [4.78, 5) is 49.2. The molecule has 2 saturated heterocycles. The summed E-state index contributed by atoms with van der Waals surface area (Å²) in [5.41, 5.74) is 2.15. The van der Waals surface area contributed by atoms with Gasteiger partial charge in [-0.1, -0.05) is 97.1 Å². The summed E-state index contributed by atoms with van der Waals surface area (Å²) in [6.45, 7) is 12.5. The van der Waals surface area contributed by atoms with Gasteiger partial charge >= 0.3 is 0 Å². The number of carbonyl (C=O) groups excluding carboxylic acids is 2.